The Morgan fingerprint density at radius 3 is 2.07 bits per heavy atom. The molecule has 0 spiro atoms. The number of benzene rings is 2. The SMILES string of the molecule is CN=C(NCc1ccc(OC)cc1)NCc1ccn(-c2ccc(OC)cc2)n1.I. The van der Waals surface area contributed by atoms with Gasteiger partial charge in [-0.1, -0.05) is 12.1 Å². The van der Waals surface area contributed by atoms with Crippen molar-refractivity contribution in [2.75, 3.05) is 21.3 Å². The van der Waals surface area contributed by atoms with Crippen molar-refractivity contribution in [2.24, 2.45) is 4.99 Å². The van der Waals surface area contributed by atoms with Crippen LogP contribution in [0.2, 0.25) is 0 Å². The van der Waals surface area contributed by atoms with E-state index in [0.29, 0.717) is 13.1 Å². The molecule has 29 heavy (non-hydrogen) atoms. The van der Waals surface area contributed by atoms with E-state index in [-0.39, 0.29) is 24.0 Å². The second kappa shape index (κ2) is 11.3. The van der Waals surface area contributed by atoms with Crippen LogP contribution in [0.15, 0.2) is 65.8 Å². The molecule has 0 saturated heterocycles. The summed E-state index contributed by atoms with van der Waals surface area (Å²) in [5.41, 5.74) is 3.05. The third-order valence-corrected chi connectivity index (χ3v) is 4.26. The summed E-state index contributed by atoms with van der Waals surface area (Å²) >= 11 is 0. The maximum absolute atomic E-state index is 5.19. The average molecular weight is 507 g/mol. The zero-order chi connectivity index (χ0) is 19.8. The first kappa shape index (κ1) is 22.5. The van der Waals surface area contributed by atoms with Crippen LogP contribution in [-0.2, 0) is 13.1 Å². The van der Waals surface area contributed by atoms with Crippen molar-refractivity contribution >= 4 is 29.9 Å². The standard InChI is InChI=1S/C21H25N5O2.HI/c1-22-21(23-14-16-4-8-19(27-2)9-5-16)24-15-17-12-13-26(25-17)18-6-10-20(28-3)11-7-18;/h4-13H,14-15H2,1-3H3,(H2,22,23,24);1H. The minimum atomic E-state index is 0. The van der Waals surface area contributed by atoms with Gasteiger partial charge in [0.15, 0.2) is 5.96 Å². The molecule has 0 fully saturated rings. The van der Waals surface area contributed by atoms with Crippen LogP contribution in [-0.4, -0.2) is 37.0 Å². The molecular formula is C21H26IN5O2. The number of hydrogen-bond acceptors (Lipinski definition) is 4. The Bertz CT molecular complexity index is 908. The summed E-state index contributed by atoms with van der Waals surface area (Å²) in [6, 6.07) is 17.7. The number of halogens is 1. The molecule has 0 radical (unpaired) electrons. The van der Waals surface area contributed by atoms with Gasteiger partial charge >= 0.3 is 0 Å². The minimum Gasteiger partial charge on any atom is -0.497 e. The van der Waals surface area contributed by atoms with E-state index in [9.17, 15) is 0 Å². The molecule has 7 nitrogen and oxygen atoms in total. The molecule has 3 aromatic rings. The third-order valence-electron chi connectivity index (χ3n) is 4.26. The summed E-state index contributed by atoms with van der Waals surface area (Å²) in [4.78, 5) is 4.26. The summed E-state index contributed by atoms with van der Waals surface area (Å²) in [5.74, 6) is 2.39. The molecule has 0 aliphatic carbocycles. The van der Waals surface area contributed by atoms with E-state index in [1.165, 1.54) is 0 Å². The fourth-order valence-corrected chi connectivity index (χ4v) is 2.66. The van der Waals surface area contributed by atoms with Gasteiger partial charge in [0, 0.05) is 19.8 Å². The van der Waals surface area contributed by atoms with Gasteiger partial charge < -0.3 is 20.1 Å². The quantitative estimate of drug-likeness (QED) is 0.292. The summed E-state index contributed by atoms with van der Waals surface area (Å²) in [7, 11) is 5.07. The predicted octanol–water partition coefficient (Wildman–Crippen LogP) is 3.37. The van der Waals surface area contributed by atoms with Gasteiger partial charge in [-0.05, 0) is 48.0 Å². The maximum Gasteiger partial charge on any atom is 0.191 e. The summed E-state index contributed by atoms with van der Waals surface area (Å²) < 4.78 is 12.2. The van der Waals surface area contributed by atoms with Gasteiger partial charge in [0.25, 0.3) is 0 Å². The Labute approximate surface area is 188 Å². The van der Waals surface area contributed by atoms with E-state index in [1.807, 2.05) is 65.5 Å². The molecule has 1 aromatic heterocycles. The Kier molecular flexibility index (Phi) is 8.78. The topological polar surface area (TPSA) is 72.7 Å². The van der Waals surface area contributed by atoms with E-state index in [0.717, 1.165) is 34.4 Å². The highest BCUT2D eigenvalue weighted by atomic mass is 127. The van der Waals surface area contributed by atoms with Crippen molar-refractivity contribution in [1.82, 2.24) is 20.4 Å². The molecule has 8 heteroatoms. The number of rotatable bonds is 7. The first-order valence-corrected chi connectivity index (χ1v) is 8.98. The van der Waals surface area contributed by atoms with Gasteiger partial charge in [0.05, 0.1) is 32.1 Å². The zero-order valence-electron chi connectivity index (χ0n) is 16.8. The fourth-order valence-electron chi connectivity index (χ4n) is 2.66. The van der Waals surface area contributed by atoms with Crippen LogP contribution in [0, 0.1) is 0 Å². The minimum absolute atomic E-state index is 0. The van der Waals surface area contributed by atoms with Crippen LogP contribution < -0.4 is 20.1 Å². The molecule has 3 rings (SSSR count). The summed E-state index contributed by atoms with van der Waals surface area (Å²) in [6.45, 7) is 1.25. The normalized spacial score (nSPS) is 10.8. The van der Waals surface area contributed by atoms with Crippen molar-refractivity contribution in [3.63, 3.8) is 0 Å². The fraction of sp³-hybridized carbons (Fsp3) is 0.238. The molecule has 0 atom stereocenters. The molecule has 0 saturated carbocycles. The van der Waals surface area contributed by atoms with Crippen molar-refractivity contribution in [1.29, 1.82) is 0 Å². The highest BCUT2D eigenvalue weighted by Gasteiger charge is 2.04. The molecule has 154 valence electrons. The number of nitrogens with zero attached hydrogens (tertiary/aromatic N) is 3. The molecule has 0 aliphatic heterocycles. The van der Waals surface area contributed by atoms with Gasteiger partial charge in [0.1, 0.15) is 11.5 Å². The molecule has 2 aromatic carbocycles. The lowest BCUT2D eigenvalue weighted by atomic mass is 10.2. The second-order valence-corrected chi connectivity index (χ2v) is 6.08. The maximum atomic E-state index is 5.19. The number of guanidine groups is 1. The monoisotopic (exact) mass is 507 g/mol. The smallest absolute Gasteiger partial charge is 0.191 e. The number of nitrogens with one attached hydrogen (secondary N) is 2. The van der Waals surface area contributed by atoms with E-state index >= 15 is 0 Å². The van der Waals surface area contributed by atoms with Crippen molar-refractivity contribution in [3.05, 3.63) is 72.1 Å². The Hall–Kier alpha value is -2.75. The van der Waals surface area contributed by atoms with E-state index < -0.39 is 0 Å². The predicted molar refractivity (Wildman–Crippen MR) is 126 cm³/mol. The van der Waals surface area contributed by atoms with E-state index in [1.54, 1.807) is 21.3 Å². The third kappa shape index (κ3) is 6.38. The van der Waals surface area contributed by atoms with Gasteiger partial charge in [-0.2, -0.15) is 5.10 Å². The highest BCUT2D eigenvalue weighted by Crippen LogP contribution is 2.14. The van der Waals surface area contributed by atoms with Crippen molar-refractivity contribution in [3.8, 4) is 17.2 Å². The van der Waals surface area contributed by atoms with Gasteiger partial charge in [-0.3, -0.25) is 4.99 Å². The van der Waals surface area contributed by atoms with Crippen molar-refractivity contribution < 1.29 is 9.47 Å². The van der Waals surface area contributed by atoms with Gasteiger partial charge in [-0.15, -0.1) is 24.0 Å². The van der Waals surface area contributed by atoms with Gasteiger partial charge in [0.2, 0.25) is 0 Å². The first-order valence-electron chi connectivity index (χ1n) is 8.98. The van der Waals surface area contributed by atoms with Crippen LogP contribution in [0.3, 0.4) is 0 Å². The molecule has 0 amide bonds. The van der Waals surface area contributed by atoms with Crippen LogP contribution in [0.4, 0.5) is 0 Å². The molecule has 2 N–H and O–H groups in total. The number of hydrogen-bond donors (Lipinski definition) is 2. The first-order chi connectivity index (χ1) is 13.7. The number of ether oxygens (including phenoxy) is 2. The van der Waals surface area contributed by atoms with Crippen LogP contribution in [0.5, 0.6) is 11.5 Å². The lowest BCUT2D eigenvalue weighted by molar-refractivity contribution is 0.414. The van der Waals surface area contributed by atoms with Crippen LogP contribution >= 0.6 is 24.0 Å². The second-order valence-electron chi connectivity index (χ2n) is 6.08. The Morgan fingerprint density at radius 2 is 1.48 bits per heavy atom. The molecule has 0 bridgehead atoms. The summed E-state index contributed by atoms with van der Waals surface area (Å²) in [5, 5.41) is 11.2. The van der Waals surface area contributed by atoms with Gasteiger partial charge in [-0.25, -0.2) is 4.68 Å². The zero-order valence-corrected chi connectivity index (χ0v) is 19.1. The van der Waals surface area contributed by atoms with Crippen molar-refractivity contribution in [2.45, 2.75) is 13.1 Å². The average Bonchev–Trinajstić information content (AvgIpc) is 3.23. The summed E-state index contributed by atoms with van der Waals surface area (Å²) in [6.07, 6.45) is 1.94. The van der Waals surface area contributed by atoms with Crippen LogP contribution in [0.25, 0.3) is 5.69 Å². The Balaban J connectivity index is 0.00000300. The van der Waals surface area contributed by atoms with Crippen LogP contribution in [0.1, 0.15) is 11.3 Å². The number of methoxy groups -OCH3 is 2. The highest BCUT2D eigenvalue weighted by molar-refractivity contribution is 14.0. The molecule has 0 aliphatic rings. The lowest BCUT2D eigenvalue weighted by Crippen LogP contribution is -2.36. The molecule has 0 unspecified atom stereocenters. The van der Waals surface area contributed by atoms with E-state index in [2.05, 4.69) is 20.7 Å². The Morgan fingerprint density at radius 1 is 0.897 bits per heavy atom. The molecular weight excluding hydrogens is 481 g/mol. The number of aliphatic imine (C=N–C) groups is 1. The largest absolute Gasteiger partial charge is 0.497 e. The number of aromatic nitrogens is 2. The molecule has 1 heterocycles. The lowest BCUT2D eigenvalue weighted by Gasteiger charge is -2.11. The van der Waals surface area contributed by atoms with E-state index in [4.69, 9.17) is 9.47 Å².